The summed E-state index contributed by atoms with van der Waals surface area (Å²) in [5.74, 6) is -0.564. The topological polar surface area (TPSA) is 58.6 Å². The molecule has 140 valence electrons. The van der Waals surface area contributed by atoms with Crippen LogP contribution >= 0.6 is 0 Å². The van der Waals surface area contributed by atoms with Gasteiger partial charge in [-0.05, 0) is 60.3 Å². The maximum absolute atomic E-state index is 11.7. The van der Waals surface area contributed by atoms with Crippen molar-refractivity contribution >= 4 is 16.7 Å². The number of ether oxygens (including phenoxy) is 1. The molecule has 4 nitrogen and oxygen atoms in total. The summed E-state index contributed by atoms with van der Waals surface area (Å²) in [7, 11) is 1.31. The van der Waals surface area contributed by atoms with E-state index in [1.807, 2.05) is 6.07 Å². The fourth-order valence-electron chi connectivity index (χ4n) is 3.36. The Bertz CT molecular complexity index is 931. The molecule has 27 heavy (non-hydrogen) atoms. The van der Waals surface area contributed by atoms with Crippen molar-refractivity contribution in [3.63, 3.8) is 0 Å². The summed E-state index contributed by atoms with van der Waals surface area (Å²) in [5.41, 5.74) is 2.52. The van der Waals surface area contributed by atoms with E-state index in [9.17, 15) is 9.90 Å². The first-order chi connectivity index (χ1) is 13.1. The van der Waals surface area contributed by atoms with Crippen LogP contribution in [0.1, 0.15) is 40.9 Å². The van der Waals surface area contributed by atoms with Gasteiger partial charge in [-0.3, -0.25) is 0 Å². The van der Waals surface area contributed by atoms with Crippen LogP contribution in [0.2, 0.25) is 0 Å². The molecule has 0 heterocycles. The summed E-state index contributed by atoms with van der Waals surface area (Å²) >= 11 is 0. The number of phenols is 1. The van der Waals surface area contributed by atoms with Crippen LogP contribution in [0.4, 0.5) is 0 Å². The average Bonchev–Trinajstić information content (AvgIpc) is 2.71. The number of phenolic OH excluding ortho intramolecular Hbond substituents is 1. The van der Waals surface area contributed by atoms with Crippen molar-refractivity contribution in [1.29, 1.82) is 0 Å². The highest BCUT2D eigenvalue weighted by molar-refractivity contribution is 5.92. The second-order valence-corrected chi connectivity index (χ2v) is 6.69. The lowest BCUT2D eigenvalue weighted by molar-refractivity contribution is 0.0597. The lowest BCUT2D eigenvalue weighted by Crippen LogP contribution is -2.20. The normalized spacial score (nSPS) is 12.1. The van der Waals surface area contributed by atoms with E-state index in [-0.39, 0.29) is 17.4 Å². The summed E-state index contributed by atoms with van der Waals surface area (Å²) in [6, 6.07) is 20.2. The molecule has 0 radical (unpaired) electrons. The molecule has 0 amide bonds. The largest absolute Gasteiger partial charge is 0.507 e. The van der Waals surface area contributed by atoms with Gasteiger partial charge in [-0.25, -0.2) is 4.79 Å². The van der Waals surface area contributed by atoms with Crippen molar-refractivity contribution in [2.45, 2.75) is 25.8 Å². The van der Waals surface area contributed by atoms with Gasteiger partial charge in [0.15, 0.2) is 0 Å². The van der Waals surface area contributed by atoms with Gasteiger partial charge in [-0.2, -0.15) is 0 Å². The van der Waals surface area contributed by atoms with E-state index in [2.05, 4.69) is 54.7 Å². The number of hydrogen-bond acceptors (Lipinski definition) is 4. The first kappa shape index (κ1) is 18.9. The Balaban J connectivity index is 1.58. The van der Waals surface area contributed by atoms with E-state index in [0.717, 1.165) is 24.9 Å². The number of methoxy groups -OCH3 is 1. The van der Waals surface area contributed by atoms with Crippen LogP contribution in [0, 0.1) is 0 Å². The molecule has 0 bridgehead atoms. The van der Waals surface area contributed by atoms with Gasteiger partial charge in [0.1, 0.15) is 11.3 Å². The van der Waals surface area contributed by atoms with E-state index >= 15 is 0 Å². The summed E-state index contributed by atoms with van der Waals surface area (Å²) < 4.78 is 4.70. The van der Waals surface area contributed by atoms with Gasteiger partial charge in [0.05, 0.1) is 7.11 Å². The van der Waals surface area contributed by atoms with Crippen LogP contribution in [-0.2, 0) is 11.2 Å². The predicted octanol–water partition coefficient (Wildman–Crippen LogP) is 4.62. The van der Waals surface area contributed by atoms with Crippen molar-refractivity contribution in [2.75, 3.05) is 13.7 Å². The second-order valence-electron chi connectivity index (χ2n) is 6.69. The quantitative estimate of drug-likeness (QED) is 0.475. The number of rotatable bonds is 7. The lowest BCUT2D eigenvalue weighted by atomic mass is 9.99. The minimum atomic E-state index is -0.517. The zero-order valence-corrected chi connectivity index (χ0v) is 15.7. The Kier molecular flexibility index (Phi) is 6.09. The highest BCUT2D eigenvalue weighted by Gasteiger charge is 2.12. The minimum Gasteiger partial charge on any atom is -0.507 e. The van der Waals surface area contributed by atoms with Crippen molar-refractivity contribution in [1.82, 2.24) is 5.32 Å². The molecule has 0 saturated carbocycles. The molecule has 0 aliphatic rings. The van der Waals surface area contributed by atoms with Crippen molar-refractivity contribution in [3.8, 4) is 5.75 Å². The van der Waals surface area contributed by atoms with Crippen LogP contribution in [0.5, 0.6) is 5.75 Å². The number of nitrogens with one attached hydrogen (secondary N) is 1. The predicted molar refractivity (Wildman–Crippen MR) is 108 cm³/mol. The van der Waals surface area contributed by atoms with Crippen molar-refractivity contribution in [3.05, 3.63) is 77.4 Å². The highest BCUT2D eigenvalue weighted by Crippen LogP contribution is 2.24. The van der Waals surface area contributed by atoms with Crippen LogP contribution in [0.3, 0.4) is 0 Å². The van der Waals surface area contributed by atoms with Gasteiger partial charge in [-0.1, -0.05) is 48.5 Å². The number of esters is 1. The summed E-state index contributed by atoms with van der Waals surface area (Å²) in [5, 5.41) is 15.9. The van der Waals surface area contributed by atoms with E-state index in [1.54, 1.807) is 12.1 Å². The second kappa shape index (κ2) is 8.69. The Labute approximate surface area is 159 Å². The molecule has 1 unspecified atom stereocenters. The highest BCUT2D eigenvalue weighted by atomic mass is 16.5. The molecule has 4 heteroatoms. The van der Waals surface area contributed by atoms with Crippen LogP contribution < -0.4 is 5.32 Å². The summed E-state index contributed by atoms with van der Waals surface area (Å²) in [4.78, 5) is 11.7. The van der Waals surface area contributed by atoms with Crippen LogP contribution in [0.15, 0.2) is 60.7 Å². The Morgan fingerprint density at radius 3 is 2.70 bits per heavy atom. The molecule has 3 aromatic carbocycles. The molecule has 0 fully saturated rings. The number of carbonyl (C=O) groups is 1. The number of hydrogen-bond donors (Lipinski definition) is 2. The number of benzene rings is 3. The van der Waals surface area contributed by atoms with Gasteiger partial charge in [-0.15, -0.1) is 0 Å². The molecule has 0 aliphatic heterocycles. The van der Waals surface area contributed by atoms with Gasteiger partial charge in [0.25, 0.3) is 0 Å². The number of aromatic hydroxyl groups is 1. The molecule has 0 aliphatic carbocycles. The molecule has 0 aromatic heterocycles. The van der Waals surface area contributed by atoms with Gasteiger partial charge in [0, 0.05) is 6.04 Å². The molecular weight excluding hydrogens is 338 g/mol. The standard InChI is InChI=1S/C23H25NO3/c1-16(19-11-5-9-18-8-3-4-10-20(18)19)24-14-6-7-17-12-13-22(25)21(15-17)23(26)27-2/h3-5,8-13,15-16,24-25H,6-7,14H2,1-2H3. The Morgan fingerprint density at radius 2 is 1.89 bits per heavy atom. The molecule has 3 rings (SSSR count). The average molecular weight is 363 g/mol. The monoisotopic (exact) mass is 363 g/mol. The minimum absolute atomic E-state index is 0.0479. The van der Waals surface area contributed by atoms with Gasteiger partial charge < -0.3 is 15.2 Å². The molecule has 2 N–H and O–H groups in total. The first-order valence-corrected chi connectivity index (χ1v) is 9.21. The third kappa shape index (κ3) is 4.47. The number of fused-ring (bicyclic) bond motifs is 1. The maximum atomic E-state index is 11.7. The number of carbonyl (C=O) groups excluding carboxylic acids is 1. The van der Waals surface area contributed by atoms with E-state index in [1.165, 1.54) is 23.4 Å². The molecular formula is C23H25NO3. The van der Waals surface area contributed by atoms with Crippen LogP contribution in [-0.4, -0.2) is 24.7 Å². The van der Waals surface area contributed by atoms with Crippen molar-refractivity contribution < 1.29 is 14.6 Å². The first-order valence-electron chi connectivity index (χ1n) is 9.21. The third-order valence-electron chi connectivity index (χ3n) is 4.85. The SMILES string of the molecule is COC(=O)c1cc(CCCNC(C)c2cccc3ccccc23)ccc1O. The fourth-order valence-corrected chi connectivity index (χ4v) is 3.36. The summed E-state index contributed by atoms with van der Waals surface area (Å²) in [6.45, 7) is 3.04. The smallest absolute Gasteiger partial charge is 0.341 e. The van der Waals surface area contributed by atoms with Gasteiger partial charge >= 0.3 is 5.97 Å². The summed E-state index contributed by atoms with van der Waals surface area (Å²) in [6.07, 6.45) is 1.75. The third-order valence-corrected chi connectivity index (χ3v) is 4.85. The van der Waals surface area contributed by atoms with Crippen LogP contribution in [0.25, 0.3) is 10.8 Å². The zero-order valence-electron chi connectivity index (χ0n) is 15.7. The Hall–Kier alpha value is -2.85. The van der Waals surface area contributed by atoms with E-state index < -0.39 is 5.97 Å². The molecule has 3 aromatic rings. The number of aryl methyl sites for hydroxylation is 1. The fraction of sp³-hybridized carbons (Fsp3) is 0.261. The lowest BCUT2D eigenvalue weighted by Gasteiger charge is -2.16. The molecule has 1 atom stereocenters. The molecule has 0 saturated heterocycles. The van der Waals surface area contributed by atoms with E-state index in [0.29, 0.717) is 0 Å². The molecule has 0 spiro atoms. The maximum Gasteiger partial charge on any atom is 0.341 e. The zero-order chi connectivity index (χ0) is 19.2. The van der Waals surface area contributed by atoms with Crippen molar-refractivity contribution in [2.24, 2.45) is 0 Å². The Morgan fingerprint density at radius 1 is 1.11 bits per heavy atom. The van der Waals surface area contributed by atoms with E-state index in [4.69, 9.17) is 4.74 Å². The van der Waals surface area contributed by atoms with Gasteiger partial charge in [0.2, 0.25) is 0 Å².